The maximum Gasteiger partial charge on any atom is 0.443 e. The van der Waals surface area contributed by atoms with Crippen LogP contribution in [0.3, 0.4) is 0 Å². The molecule has 0 aromatic rings. The predicted molar refractivity (Wildman–Crippen MR) is 59.5 cm³/mol. The van der Waals surface area contributed by atoms with Gasteiger partial charge < -0.3 is 9.57 Å². The third-order valence-electron chi connectivity index (χ3n) is 1.48. The Morgan fingerprint density at radius 2 is 1.44 bits per heavy atom. The Kier molecular flexibility index (Phi) is 4.35. The predicted octanol–water partition coefficient (Wildman–Crippen LogP) is 2.36. The topological polar surface area (TPSA) is 55.8 Å². The molecule has 0 spiro atoms. The molecular weight excluding hydrogens is 210 g/mol. The number of ether oxygens (including phenoxy) is 1. The van der Waals surface area contributed by atoms with Crippen molar-refractivity contribution in [2.45, 2.75) is 47.1 Å². The normalized spacial score (nSPS) is 11.9. The van der Waals surface area contributed by atoms with Crippen molar-refractivity contribution in [1.82, 2.24) is 5.06 Å². The third-order valence-corrected chi connectivity index (χ3v) is 1.48. The Hall–Kier alpha value is -1.26. The van der Waals surface area contributed by atoms with Crippen LogP contribution < -0.4 is 0 Å². The van der Waals surface area contributed by atoms with Crippen LogP contribution in [-0.4, -0.2) is 29.8 Å². The second kappa shape index (κ2) is 4.72. The molecule has 16 heavy (non-hydrogen) atoms. The lowest BCUT2D eigenvalue weighted by Gasteiger charge is -2.25. The summed E-state index contributed by atoms with van der Waals surface area (Å²) >= 11 is 0. The van der Waals surface area contributed by atoms with Crippen LogP contribution >= 0.6 is 0 Å². The van der Waals surface area contributed by atoms with Crippen molar-refractivity contribution in [2.24, 2.45) is 5.41 Å². The van der Waals surface area contributed by atoms with E-state index >= 15 is 0 Å². The minimum absolute atomic E-state index is 0.485. The molecule has 1 amide bonds. The second-order valence-electron chi connectivity index (χ2n) is 5.61. The molecule has 0 bridgehead atoms. The summed E-state index contributed by atoms with van der Waals surface area (Å²) in [5.41, 5.74) is -1.27. The van der Waals surface area contributed by atoms with E-state index in [0.717, 1.165) is 5.06 Å². The zero-order chi connectivity index (χ0) is 13.1. The fourth-order valence-electron chi connectivity index (χ4n) is 0.625. The SMILES string of the molecule is CN(OC(=O)C(C)(C)C)C(=O)OC(C)(C)C. The van der Waals surface area contributed by atoms with Crippen LogP contribution in [0.4, 0.5) is 4.79 Å². The number of nitrogens with zero attached hydrogens (tertiary/aromatic N) is 1. The summed E-state index contributed by atoms with van der Waals surface area (Å²) in [6.45, 7) is 10.3. The van der Waals surface area contributed by atoms with Gasteiger partial charge in [0.05, 0.1) is 12.5 Å². The second-order valence-corrected chi connectivity index (χ2v) is 5.61. The molecule has 0 aliphatic rings. The van der Waals surface area contributed by atoms with Gasteiger partial charge >= 0.3 is 12.1 Å². The molecule has 5 nitrogen and oxygen atoms in total. The molecule has 94 valence electrons. The molecule has 0 aromatic carbocycles. The summed E-state index contributed by atoms with van der Waals surface area (Å²) in [6, 6.07) is 0. The standard InChI is InChI=1S/C11H21NO4/c1-10(2,3)8(13)16-12(7)9(14)15-11(4,5)6/h1-7H3. The summed E-state index contributed by atoms with van der Waals surface area (Å²) in [5, 5.41) is 0.804. The Balaban J connectivity index is 4.33. The summed E-state index contributed by atoms with van der Waals surface area (Å²) in [4.78, 5) is 27.8. The van der Waals surface area contributed by atoms with Gasteiger partial charge in [-0.05, 0) is 41.5 Å². The van der Waals surface area contributed by atoms with Gasteiger partial charge in [0.1, 0.15) is 5.60 Å². The Labute approximate surface area is 96.7 Å². The highest BCUT2D eigenvalue weighted by molar-refractivity contribution is 5.77. The number of amides is 1. The maximum atomic E-state index is 11.5. The van der Waals surface area contributed by atoms with Gasteiger partial charge in [-0.2, -0.15) is 0 Å². The van der Waals surface area contributed by atoms with Gasteiger partial charge in [0.2, 0.25) is 0 Å². The van der Waals surface area contributed by atoms with E-state index in [2.05, 4.69) is 0 Å². The molecule has 0 atom stereocenters. The van der Waals surface area contributed by atoms with Crippen LogP contribution in [0.25, 0.3) is 0 Å². The van der Waals surface area contributed by atoms with Crippen LogP contribution in [-0.2, 0) is 14.4 Å². The Morgan fingerprint density at radius 3 is 1.75 bits per heavy atom. The number of carbonyl (C=O) groups excluding carboxylic acids is 2. The molecule has 0 aliphatic carbocycles. The molecule has 0 aromatic heterocycles. The van der Waals surface area contributed by atoms with Crippen LogP contribution in [0.2, 0.25) is 0 Å². The van der Waals surface area contributed by atoms with Gasteiger partial charge in [-0.1, -0.05) is 0 Å². The lowest BCUT2D eigenvalue weighted by Crippen LogP contribution is -2.38. The van der Waals surface area contributed by atoms with Crippen molar-refractivity contribution in [3.63, 3.8) is 0 Å². The highest BCUT2D eigenvalue weighted by Crippen LogP contribution is 2.16. The van der Waals surface area contributed by atoms with Crippen molar-refractivity contribution >= 4 is 12.1 Å². The quantitative estimate of drug-likeness (QED) is 0.600. The van der Waals surface area contributed by atoms with Crippen molar-refractivity contribution in [2.75, 3.05) is 7.05 Å². The highest BCUT2D eigenvalue weighted by atomic mass is 16.8. The van der Waals surface area contributed by atoms with Crippen molar-refractivity contribution in [1.29, 1.82) is 0 Å². The van der Waals surface area contributed by atoms with E-state index in [1.54, 1.807) is 41.5 Å². The number of carbonyl (C=O) groups is 2. The lowest BCUT2D eigenvalue weighted by molar-refractivity contribution is -0.188. The molecule has 0 radical (unpaired) electrons. The fourth-order valence-corrected chi connectivity index (χ4v) is 0.625. The van der Waals surface area contributed by atoms with E-state index in [1.165, 1.54) is 7.05 Å². The van der Waals surface area contributed by atoms with Crippen molar-refractivity contribution in [3.8, 4) is 0 Å². The van der Waals surface area contributed by atoms with E-state index in [4.69, 9.17) is 9.57 Å². The molecule has 0 fully saturated rings. The maximum absolute atomic E-state index is 11.5. The summed E-state index contributed by atoms with van der Waals surface area (Å²) in [6.07, 6.45) is -0.690. The molecular formula is C11H21NO4. The summed E-state index contributed by atoms with van der Waals surface area (Å²) in [7, 11) is 1.34. The lowest BCUT2D eigenvalue weighted by atomic mass is 9.98. The molecule has 0 rings (SSSR count). The van der Waals surface area contributed by atoms with Gasteiger partial charge in [0.15, 0.2) is 0 Å². The van der Waals surface area contributed by atoms with Gasteiger partial charge in [0, 0.05) is 0 Å². The first-order chi connectivity index (χ1) is 6.93. The fraction of sp³-hybridized carbons (Fsp3) is 0.818. The largest absolute Gasteiger partial charge is 0.443 e. The minimum atomic E-state index is -0.690. The summed E-state index contributed by atoms with van der Waals surface area (Å²) in [5.74, 6) is -0.485. The zero-order valence-corrected chi connectivity index (χ0v) is 11.1. The zero-order valence-electron chi connectivity index (χ0n) is 11.1. The van der Waals surface area contributed by atoms with E-state index in [-0.39, 0.29) is 0 Å². The number of hydrogen-bond donors (Lipinski definition) is 0. The Morgan fingerprint density at radius 1 is 1.00 bits per heavy atom. The van der Waals surface area contributed by atoms with E-state index in [0.29, 0.717) is 0 Å². The van der Waals surface area contributed by atoms with Crippen LogP contribution in [0.1, 0.15) is 41.5 Å². The number of rotatable bonds is 0. The van der Waals surface area contributed by atoms with Gasteiger partial charge in [-0.25, -0.2) is 9.59 Å². The monoisotopic (exact) mass is 231 g/mol. The van der Waals surface area contributed by atoms with Crippen LogP contribution in [0, 0.1) is 5.41 Å². The van der Waals surface area contributed by atoms with E-state index in [1.807, 2.05) is 0 Å². The van der Waals surface area contributed by atoms with E-state index in [9.17, 15) is 9.59 Å². The van der Waals surface area contributed by atoms with Crippen molar-refractivity contribution < 1.29 is 19.2 Å². The van der Waals surface area contributed by atoms with Gasteiger partial charge in [-0.3, -0.25) is 0 Å². The molecule has 0 unspecified atom stereocenters. The molecule has 0 saturated carbocycles. The number of hydrogen-bond acceptors (Lipinski definition) is 4. The highest BCUT2D eigenvalue weighted by Gasteiger charge is 2.28. The van der Waals surface area contributed by atoms with Crippen LogP contribution in [0.5, 0.6) is 0 Å². The Bertz CT molecular complexity index is 273. The van der Waals surface area contributed by atoms with E-state index < -0.39 is 23.1 Å². The molecule has 0 aliphatic heterocycles. The van der Waals surface area contributed by atoms with Crippen molar-refractivity contribution in [3.05, 3.63) is 0 Å². The first kappa shape index (κ1) is 14.7. The first-order valence-corrected chi connectivity index (χ1v) is 5.12. The van der Waals surface area contributed by atoms with Gasteiger partial charge in [-0.15, -0.1) is 5.06 Å². The smallest absolute Gasteiger partial charge is 0.442 e. The molecule has 0 saturated heterocycles. The minimum Gasteiger partial charge on any atom is -0.442 e. The third kappa shape index (κ3) is 5.58. The molecule has 0 N–H and O–H groups in total. The number of hydroxylamine groups is 2. The van der Waals surface area contributed by atoms with Gasteiger partial charge in [0.25, 0.3) is 0 Å². The molecule has 5 heteroatoms. The average molecular weight is 231 g/mol. The molecule has 0 heterocycles. The average Bonchev–Trinajstić information content (AvgIpc) is 1.98. The van der Waals surface area contributed by atoms with Crippen LogP contribution in [0.15, 0.2) is 0 Å². The summed E-state index contributed by atoms with van der Waals surface area (Å²) < 4.78 is 5.02. The first-order valence-electron chi connectivity index (χ1n) is 5.12.